The second-order valence-electron chi connectivity index (χ2n) is 3.87. The van der Waals surface area contributed by atoms with Gasteiger partial charge in [0, 0.05) is 0 Å². The van der Waals surface area contributed by atoms with E-state index >= 15 is 0 Å². The van der Waals surface area contributed by atoms with Gasteiger partial charge < -0.3 is 14.7 Å². The minimum absolute atomic E-state index is 0.0436. The third kappa shape index (κ3) is 2.40. The van der Waals surface area contributed by atoms with Crippen LogP contribution in [0.1, 0.15) is 5.56 Å². The van der Waals surface area contributed by atoms with Crippen molar-refractivity contribution in [2.75, 3.05) is 19.9 Å². The summed E-state index contributed by atoms with van der Waals surface area (Å²) in [4.78, 5) is 13.0. The molecule has 1 aromatic carbocycles. The van der Waals surface area contributed by atoms with E-state index in [9.17, 15) is 4.79 Å². The van der Waals surface area contributed by atoms with Gasteiger partial charge in [0.25, 0.3) is 0 Å². The highest BCUT2D eigenvalue weighted by Crippen LogP contribution is 2.15. The number of amides is 1. The Balaban J connectivity index is 2.01. The van der Waals surface area contributed by atoms with Gasteiger partial charge in [-0.3, -0.25) is 4.79 Å². The van der Waals surface area contributed by atoms with Gasteiger partial charge in [0.15, 0.2) is 0 Å². The molecule has 1 unspecified atom stereocenters. The first-order valence-corrected chi connectivity index (χ1v) is 5.33. The summed E-state index contributed by atoms with van der Waals surface area (Å²) in [5.41, 5.74) is 1.17. The fourth-order valence-electron chi connectivity index (χ4n) is 1.90. The van der Waals surface area contributed by atoms with Crippen molar-refractivity contribution in [2.24, 2.45) is 0 Å². The Labute approximate surface area is 94.4 Å². The number of hydrogen-bond donors (Lipinski definition) is 1. The zero-order valence-corrected chi connectivity index (χ0v) is 9.00. The lowest BCUT2D eigenvalue weighted by Crippen LogP contribution is -2.39. The molecule has 0 aliphatic carbocycles. The molecule has 0 radical (unpaired) electrons. The molecule has 16 heavy (non-hydrogen) atoms. The monoisotopic (exact) mass is 221 g/mol. The van der Waals surface area contributed by atoms with Gasteiger partial charge in [0.05, 0.1) is 12.6 Å². The molecule has 1 heterocycles. The predicted molar refractivity (Wildman–Crippen MR) is 58.7 cm³/mol. The summed E-state index contributed by atoms with van der Waals surface area (Å²) in [5.74, 6) is -0.265. The molecule has 1 amide bonds. The van der Waals surface area contributed by atoms with Gasteiger partial charge in [-0.2, -0.15) is 0 Å². The van der Waals surface area contributed by atoms with Crippen molar-refractivity contribution in [1.29, 1.82) is 0 Å². The standard InChI is InChI=1S/C12H15NO3/c14-7-12(15)13-9-16-8-11(13)6-10-4-2-1-3-5-10/h1-5,11,14H,6-9H2. The summed E-state index contributed by atoms with van der Waals surface area (Å²) in [6, 6.07) is 10.0. The molecule has 1 N–H and O–H groups in total. The molecule has 2 rings (SSSR count). The molecule has 1 atom stereocenters. The fraction of sp³-hybridized carbons (Fsp3) is 0.417. The summed E-state index contributed by atoms with van der Waals surface area (Å²) < 4.78 is 5.26. The summed E-state index contributed by atoms with van der Waals surface area (Å²) in [5, 5.41) is 8.83. The number of carbonyl (C=O) groups is 1. The van der Waals surface area contributed by atoms with Crippen LogP contribution < -0.4 is 0 Å². The van der Waals surface area contributed by atoms with Crippen LogP contribution in [0.25, 0.3) is 0 Å². The topological polar surface area (TPSA) is 49.8 Å². The number of aliphatic hydroxyl groups excluding tert-OH is 1. The summed E-state index contributed by atoms with van der Waals surface area (Å²) in [6.45, 7) is 0.381. The highest BCUT2D eigenvalue weighted by atomic mass is 16.5. The molecule has 0 aromatic heterocycles. The molecule has 0 saturated carbocycles. The maximum atomic E-state index is 11.4. The van der Waals surface area contributed by atoms with Crippen molar-refractivity contribution >= 4 is 5.91 Å². The van der Waals surface area contributed by atoms with E-state index in [1.54, 1.807) is 4.90 Å². The van der Waals surface area contributed by atoms with Crippen LogP contribution in [0.4, 0.5) is 0 Å². The largest absolute Gasteiger partial charge is 0.387 e. The molecular formula is C12H15NO3. The number of aliphatic hydroxyl groups is 1. The molecule has 1 fully saturated rings. The van der Waals surface area contributed by atoms with E-state index in [2.05, 4.69) is 0 Å². The summed E-state index contributed by atoms with van der Waals surface area (Å²) in [6.07, 6.45) is 0.770. The SMILES string of the molecule is O=C(CO)N1COCC1Cc1ccccc1. The quantitative estimate of drug-likeness (QED) is 0.804. The zero-order valence-electron chi connectivity index (χ0n) is 9.00. The maximum Gasteiger partial charge on any atom is 0.250 e. The lowest BCUT2D eigenvalue weighted by atomic mass is 10.1. The van der Waals surface area contributed by atoms with Crippen LogP contribution in [0, 0.1) is 0 Å². The predicted octanol–water partition coefficient (Wildman–Crippen LogP) is 0.406. The number of carbonyl (C=O) groups excluding carboxylic acids is 1. The average molecular weight is 221 g/mol. The Morgan fingerprint density at radius 1 is 1.44 bits per heavy atom. The van der Waals surface area contributed by atoms with E-state index in [1.165, 1.54) is 5.56 Å². The van der Waals surface area contributed by atoms with E-state index in [1.807, 2.05) is 30.3 Å². The van der Waals surface area contributed by atoms with Crippen LogP contribution in [-0.2, 0) is 16.0 Å². The Morgan fingerprint density at radius 3 is 2.88 bits per heavy atom. The Morgan fingerprint density at radius 2 is 2.19 bits per heavy atom. The van der Waals surface area contributed by atoms with Crippen molar-refractivity contribution in [3.8, 4) is 0 Å². The minimum atomic E-state index is -0.450. The van der Waals surface area contributed by atoms with E-state index in [4.69, 9.17) is 9.84 Å². The first-order chi connectivity index (χ1) is 7.81. The highest BCUT2D eigenvalue weighted by Gasteiger charge is 2.28. The number of ether oxygens (including phenoxy) is 1. The number of benzene rings is 1. The van der Waals surface area contributed by atoms with Crippen LogP contribution >= 0.6 is 0 Å². The van der Waals surface area contributed by atoms with Crippen LogP contribution in [0.3, 0.4) is 0 Å². The van der Waals surface area contributed by atoms with E-state index < -0.39 is 6.61 Å². The van der Waals surface area contributed by atoms with Gasteiger partial charge in [-0.25, -0.2) is 0 Å². The van der Waals surface area contributed by atoms with E-state index in [0.717, 1.165) is 6.42 Å². The fourth-order valence-corrected chi connectivity index (χ4v) is 1.90. The normalized spacial score (nSPS) is 20.1. The summed E-state index contributed by atoms with van der Waals surface area (Å²) in [7, 11) is 0. The van der Waals surface area contributed by atoms with E-state index in [0.29, 0.717) is 6.61 Å². The van der Waals surface area contributed by atoms with E-state index in [-0.39, 0.29) is 18.7 Å². The molecular weight excluding hydrogens is 206 g/mol. The first-order valence-electron chi connectivity index (χ1n) is 5.33. The van der Waals surface area contributed by atoms with Crippen LogP contribution in [0.15, 0.2) is 30.3 Å². The van der Waals surface area contributed by atoms with Gasteiger partial charge >= 0.3 is 0 Å². The molecule has 4 heteroatoms. The molecule has 1 saturated heterocycles. The smallest absolute Gasteiger partial charge is 0.250 e. The molecule has 1 aromatic rings. The van der Waals surface area contributed by atoms with Gasteiger partial charge in [0.2, 0.25) is 5.91 Å². The number of nitrogens with zero attached hydrogens (tertiary/aromatic N) is 1. The Hall–Kier alpha value is -1.39. The minimum Gasteiger partial charge on any atom is -0.387 e. The van der Waals surface area contributed by atoms with Crippen molar-refractivity contribution in [1.82, 2.24) is 4.90 Å². The molecule has 1 aliphatic heterocycles. The second kappa shape index (κ2) is 5.09. The highest BCUT2D eigenvalue weighted by molar-refractivity contribution is 5.77. The lowest BCUT2D eigenvalue weighted by molar-refractivity contribution is -0.136. The zero-order chi connectivity index (χ0) is 11.4. The van der Waals surface area contributed by atoms with Gasteiger partial charge in [-0.15, -0.1) is 0 Å². The van der Waals surface area contributed by atoms with Crippen LogP contribution in [0.5, 0.6) is 0 Å². The molecule has 4 nitrogen and oxygen atoms in total. The first kappa shape index (κ1) is 11.1. The number of rotatable bonds is 3. The van der Waals surface area contributed by atoms with Gasteiger partial charge in [0.1, 0.15) is 13.3 Å². The Kier molecular flexibility index (Phi) is 3.54. The maximum absolute atomic E-state index is 11.4. The van der Waals surface area contributed by atoms with Crippen LogP contribution in [0.2, 0.25) is 0 Å². The van der Waals surface area contributed by atoms with Crippen molar-refractivity contribution < 1.29 is 14.6 Å². The van der Waals surface area contributed by atoms with Crippen LogP contribution in [-0.4, -0.2) is 41.9 Å². The third-order valence-electron chi connectivity index (χ3n) is 2.75. The van der Waals surface area contributed by atoms with Crippen molar-refractivity contribution in [2.45, 2.75) is 12.5 Å². The van der Waals surface area contributed by atoms with Gasteiger partial charge in [-0.05, 0) is 12.0 Å². The van der Waals surface area contributed by atoms with Gasteiger partial charge in [-0.1, -0.05) is 30.3 Å². The van der Waals surface area contributed by atoms with Crippen molar-refractivity contribution in [3.63, 3.8) is 0 Å². The summed E-state index contributed by atoms with van der Waals surface area (Å²) >= 11 is 0. The molecule has 0 spiro atoms. The lowest BCUT2D eigenvalue weighted by Gasteiger charge is -2.21. The average Bonchev–Trinajstić information content (AvgIpc) is 2.77. The molecule has 1 aliphatic rings. The molecule has 0 bridgehead atoms. The molecule has 86 valence electrons. The van der Waals surface area contributed by atoms with Crippen molar-refractivity contribution in [3.05, 3.63) is 35.9 Å². The second-order valence-corrected chi connectivity index (χ2v) is 3.87. The number of hydrogen-bond acceptors (Lipinski definition) is 3. The third-order valence-corrected chi connectivity index (χ3v) is 2.75. The Bertz CT molecular complexity index is 353.